The minimum Gasteiger partial charge on any atom is -0.410 e. The summed E-state index contributed by atoms with van der Waals surface area (Å²) in [6, 6.07) is 14.9. The van der Waals surface area contributed by atoms with Gasteiger partial charge in [-0.2, -0.15) is 0 Å². The van der Waals surface area contributed by atoms with Gasteiger partial charge < -0.3 is 4.74 Å². The normalized spacial score (nSPS) is 9.89. The highest BCUT2D eigenvalue weighted by Gasteiger charge is 2.07. The molecular formula is C15H15NO2. The number of anilines is 1. The predicted molar refractivity (Wildman–Crippen MR) is 72.0 cm³/mol. The van der Waals surface area contributed by atoms with E-state index in [0.29, 0.717) is 11.4 Å². The van der Waals surface area contributed by atoms with Crippen molar-refractivity contribution < 1.29 is 9.53 Å². The smallest absolute Gasteiger partial charge is 0.410 e. The Hall–Kier alpha value is -2.29. The van der Waals surface area contributed by atoms with Crippen LogP contribution in [0.5, 0.6) is 5.75 Å². The molecule has 0 fully saturated rings. The van der Waals surface area contributed by atoms with Crippen LogP contribution in [0.1, 0.15) is 11.1 Å². The van der Waals surface area contributed by atoms with Crippen LogP contribution in [-0.4, -0.2) is 6.09 Å². The number of hydrogen-bond donors (Lipinski definition) is 1. The van der Waals surface area contributed by atoms with Crippen LogP contribution in [0.25, 0.3) is 0 Å². The summed E-state index contributed by atoms with van der Waals surface area (Å²) in [4.78, 5) is 11.7. The number of aryl methyl sites for hydroxylation is 2. The van der Waals surface area contributed by atoms with Crippen molar-refractivity contribution in [2.45, 2.75) is 13.8 Å². The molecule has 0 bridgehead atoms. The molecule has 18 heavy (non-hydrogen) atoms. The molecule has 92 valence electrons. The molecule has 0 atom stereocenters. The third-order valence-corrected chi connectivity index (χ3v) is 2.55. The molecule has 0 spiro atoms. The summed E-state index contributed by atoms with van der Waals surface area (Å²) in [6.07, 6.45) is -0.479. The molecule has 1 amide bonds. The second kappa shape index (κ2) is 5.36. The largest absolute Gasteiger partial charge is 0.417 e. The Morgan fingerprint density at radius 3 is 2.44 bits per heavy atom. The maximum atomic E-state index is 11.7. The van der Waals surface area contributed by atoms with Crippen LogP contribution < -0.4 is 10.1 Å². The molecule has 0 radical (unpaired) electrons. The Bertz CT molecular complexity index is 550. The first kappa shape index (κ1) is 12.2. The van der Waals surface area contributed by atoms with Gasteiger partial charge in [0.25, 0.3) is 0 Å². The van der Waals surface area contributed by atoms with Gasteiger partial charge in [-0.1, -0.05) is 35.9 Å². The molecule has 0 aliphatic heterocycles. The minimum absolute atomic E-state index is 0.479. The van der Waals surface area contributed by atoms with Crippen molar-refractivity contribution in [1.82, 2.24) is 0 Å². The van der Waals surface area contributed by atoms with Gasteiger partial charge in [0.15, 0.2) is 0 Å². The molecule has 0 saturated carbocycles. The molecule has 3 heteroatoms. The summed E-state index contributed by atoms with van der Waals surface area (Å²) in [5.74, 6) is 0.578. The number of ether oxygens (including phenoxy) is 1. The first-order valence-corrected chi connectivity index (χ1v) is 5.76. The van der Waals surface area contributed by atoms with E-state index in [2.05, 4.69) is 5.32 Å². The number of nitrogens with one attached hydrogen (secondary N) is 1. The fourth-order valence-electron chi connectivity index (χ4n) is 1.68. The minimum atomic E-state index is -0.479. The first-order valence-electron chi connectivity index (χ1n) is 5.76. The molecular weight excluding hydrogens is 226 g/mol. The fraction of sp³-hybridized carbons (Fsp3) is 0.133. The van der Waals surface area contributed by atoms with Gasteiger partial charge in [0.1, 0.15) is 5.75 Å². The van der Waals surface area contributed by atoms with Crippen LogP contribution in [-0.2, 0) is 0 Å². The molecule has 0 aliphatic carbocycles. The highest BCUT2D eigenvalue weighted by Crippen LogP contribution is 2.19. The molecule has 2 rings (SSSR count). The molecule has 2 aromatic rings. The number of para-hydroxylation sites is 1. The SMILES string of the molecule is Cc1ccc(OC(=O)Nc2ccccc2)c(C)c1. The second-order valence-electron chi connectivity index (χ2n) is 4.15. The fourth-order valence-corrected chi connectivity index (χ4v) is 1.68. The lowest BCUT2D eigenvalue weighted by Crippen LogP contribution is -2.17. The Labute approximate surface area is 106 Å². The van der Waals surface area contributed by atoms with Gasteiger partial charge in [-0.15, -0.1) is 0 Å². The quantitative estimate of drug-likeness (QED) is 0.865. The van der Waals surface area contributed by atoms with E-state index in [1.165, 1.54) is 0 Å². The zero-order valence-electron chi connectivity index (χ0n) is 10.4. The Balaban J connectivity index is 2.03. The molecule has 2 aromatic carbocycles. The summed E-state index contributed by atoms with van der Waals surface area (Å²) < 4.78 is 5.25. The standard InChI is InChI=1S/C15H15NO2/c1-11-8-9-14(12(2)10-11)18-15(17)16-13-6-4-3-5-7-13/h3-10H,1-2H3,(H,16,17). The van der Waals surface area contributed by atoms with Crippen molar-refractivity contribution >= 4 is 11.8 Å². The molecule has 0 unspecified atom stereocenters. The predicted octanol–water partition coefficient (Wildman–Crippen LogP) is 3.91. The maximum absolute atomic E-state index is 11.7. The zero-order valence-corrected chi connectivity index (χ0v) is 10.4. The van der Waals surface area contributed by atoms with E-state index in [0.717, 1.165) is 11.1 Å². The van der Waals surface area contributed by atoms with E-state index in [-0.39, 0.29) is 0 Å². The third-order valence-electron chi connectivity index (χ3n) is 2.55. The van der Waals surface area contributed by atoms with E-state index in [9.17, 15) is 4.79 Å². The van der Waals surface area contributed by atoms with Crippen molar-refractivity contribution in [2.24, 2.45) is 0 Å². The van der Waals surface area contributed by atoms with Crippen molar-refractivity contribution in [1.29, 1.82) is 0 Å². The van der Waals surface area contributed by atoms with Gasteiger partial charge in [-0.25, -0.2) is 4.79 Å². The number of carbonyl (C=O) groups is 1. The van der Waals surface area contributed by atoms with E-state index in [1.54, 1.807) is 6.07 Å². The van der Waals surface area contributed by atoms with Gasteiger partial charge in [-0.05, 0) is 37.6 Å². The molecule has 1 N–H and O–H groups in total. The number of carbonyl (C=O) groups excluding carboxylic acids is 1. The summed E-state index contributed by atoms with van der Waals surface area (Å²) >= 11 is 0. The lowest BCUT2D eigenvalue weighted by molar-refractivity contribution is 0.215. The number of hydrogen-bond acceptors (Lipinski definition) is 2. The zero-order chi connectivity index (χ0) is 13.0. The van der Waals surface area contributed by atoms with Crippen molar-refractivity contribution in [3.63, 3.8) is 0 Å². The highest BCUT2D eigenvalue weighted by molar-refractivity contribution is 5.86. The first-order chi connectivity index (χ1) is 8.65. The number of benzene rings is 2. The van der Waals surface area contributed by atoms with Gasteiger partial charge in [-0.3, -0.25) is 5.32 Å². The van der Waals surface area contributed by atoms with Crippen molar-refractivity contribution in [3.05, 3.63) is 59.7 Å². The average molecular weight is 241 g/mol. The third kappa shape index (κ3) is 3.10. The van der Waals surface area contributed by atoms with Crippen molar-refractivity contribution in [3.8, 4) is 5.75 Å². The van der Waals surface area contributed by atoms with Crippen molar-refractivity contribution in [2.75, 3.05) is 5.32 Å². The topological polar surface area (TPSA) is 38.3 Å². The summed E-state index contributed by atoms with van der Waals surface area (Å²) in [5, 5.41) is 2.67. The van der Waals surface area contributed by atoms with Crippen LogP contribution in [0.2, 0.25) is 0 Å². The molecule has 0 saturated heterocycles. The highest BCUT2D eigenvalue weighted by atomic mass is 16.6. The Kier molecular flexibility index (Phi) is 3.63. The molecule has 3 nitrogen and oxygen atoms in total. The van der Waals surface area contributed by atoms with Gasteiger partial charge in [0, 0.05) is 5.69 Å². The average Bonchev–Trinajstić information content (AvgIpc) is 2.34. The van der Waals surface area contributed by atoms with Crippen LogP contribution in [0.4, 0.5) is 10.5 Å². The number of rotatable bonds is 2. The Morgan fingerprint density at radius 1 is 1.06 bits per heavy atom. The summed E-state index contributed by atoms with van der Waals surface area (Å²) in [6.45, 7) is 3.92. The molecule has 0 aliphatic rings. The van der Waals surface area contributed by atoms with E-state index in [4.69, 9.17) is 4.74 Å². The molecule has 0 heterocycles. The lowest BCUT2D eigenvalue weighted by Gasteiger charge is -2.09. The number of amides is 1. The maximum Gasteiger partial charge on any atom is 0.417 e. The molecule has 0 aromatic heterocycles. The van der Waals surface area contributed by atoms with E-state index >= 15 is 0 Å². The van der Waals surface area contributed by atoms with Gasteiger partial charge >= 0.3 is 6.09 Å². The second-order valence-corrected chi connectivity index (χ2v) is 4.15. The van der Waals surface area contributed by atoms with Crippen LogP contribution in [0.15, 0.2) is 48.5 Å². The van der Waals surface area contributed by atoms with Gasteiger partial charge in [0.2, 0.25) is 0 Å². The summed E-state index contributed by atoms with van der Waals surface area (Å²) in [5.41, 5.74) is 2.80. The lowest BCUT2D eigenvalue weighted by atomic mass is 10.1. The van der Waals surface area contributed by atoms with Gasteiger partial charge in [0.05, 0.1) is 0 Å². The Morgan fingerprint density at radius 2 is 1.78 bits per heavy atom. The van der Waals surface area contributed by atoms with Crippen LogP contribution in [0.3, 0.4) is 0 Å². The van der Waals surface area contributed by atoms with E-state index in [1.807, 2.05) is 56.3 Å². The van der Waals surface area contributed by atoms with Crippen LogP contribution >= 0.6 is 0 Å². The van der Waals surface area contributed by atoms with E-state index < -0.39 is 6.09 Å². The van der Waals surface area contributed by atoms with Crippen LogP contribution in [0, 0.1) is 13.8 Å². The monoisotopic (exact) mass is 241 g/mol. The summed E-state index contributed by atoms with van der Waals surface area (Å²) in [7, 11) is 0.